The zero-order valence-corrected chi connectivity index (χ0v) is 14.2. The van der Waals surface area contributed by atoms with Gasteiger partial charge in [-0.15, -0.1) is 0 Å². The smallest absolute Gasteiger partial charge is 0.389 e. The summed E-state index contributed by atoms with van der Waals surface area (Å²) in [7, 11) is -4.78. The molecule has 0 radical (unpaired) electrons. The first kappa shape index (κ1) is 21.7. The highest BCUT2D eigenvalue weighted by Gasteiger charge is 2.51. The maximum Gasteiger partial charge on any atom is 0.472 e. The van der Waals surface area contributed by atoms with Crippen molar-refractivity contribution in [3.63, 3.8) is 0 Å². The summed E-state index contributed by atoms with van der Waals surface area (Å²) in [6, 6.07) is 0. The summed E-state index contributed by atoms with van der Waals surface area (Å²) in [4.78, 5) is 9.66. The minimum atomic E-state index is -4.78. The van der Waals surface area contributed by atoms with E-state index in [4.69, 9.17) is 4.52 Å². The highest BCUT2D eigenvalue weighted by Crippen LogP contribution is 2.47. The average molecular weight is 372 g/mol. The summed E-state index contributed by atoms with van der Waals surface area (Å²) in [5.74, 6) is -0.551. The monoisotopic (exact) mass is 372 g/mol. The average Bonchev–Trinajstić information content (AvgIpc) is 2.53. The van der Waals surface area contributed by atoms with Crippen molar-refractivity contribution in [3.8, 4) is 0 Å². The van der Waals surface area contributed by atoms with Crippen molar-refractivity contribution >= 4 is 7.82 Å². The van der Waals surface area contributed by atoms with Crippen molar-refractivity contribution in [2.75, 3.05) is 6.61 Å². The van der Waals surface area contributed by atoms with Crippen molar-refractivity contribution in [2.45, 2.75) is 56.6 Å². The molecule has 10 nitrogen and oxygen atoms in total. The van der Waals surface area contributed by atoms with E-state index in [0.717, 1.165) is 0 Å². The summed E-state index contributed by atoms with van der Waals surface area (Å²) >= 11 is 0. The second-order valence-corrected chi connectivity index (χ2v) is 7.19. The lowest BCUT2D eigenvalue weighted by Crippen LogP contribution is -2.64. The van der Waals surface area contributed by atoms with Gasteiger partial charge >= 0.3 is 7.82 Å². The molecule has 0 aromatic carbocycles. The topological polar surface area (TPSA) is 177 Å². The zero-order chi connectivity index (χ0) is 18.7. The van der Waals surface area contributed by atoms with Crippen LogP contribution in [0.25, 0.3) is 0 Å². The number of phosphoric acid groups is 1. The van der Waals surface area contributed by atoms with Gasteiger partial charge in [0.05, 0.1) is 12.7 Å². The largest absolute Gasteiger partial charge is 0.472 e. The van der Waals surface area contributed by atoms with Gasteiger partial charge in [0.1, 0.15) is 36.6 Å². The molecule has 0 spiro atoms. The van der Waals surface area contributed by atoms with Crippen LogP contribution in [0.5, 0.6) is 0 Å². The van der Waals surface area contributed by atoms with Gasteiger partial charge in [-0.2, -0.15) is 0 Å². The molecule has 11 heteroatoms. The highest BCUT2D eigenvalue weighted by molar-refractivity contribution is 7.47. The Kier molecular flexibility index (Phi) is 7.95. The van der Waals surface area contributed by atoms with Crippen molar-refractivity contribution in [1.82, 2.24) is 0 Å². The van der Waals surface area contributed by atoms with E-state index >= 15 is 0 Å². The predicted octanol–water partition coefficient (Wildman–Crippen LogP) is -2.12. The Morgan fingerprint density at radius 2 is 1.50 bits per heavy atom. The number of rotatable bonds is 7. The first-order chi connectivity index (χ1) is 11.0. The van der Waals surface area contributed by atoms with Crippen LogP contribution in [0.1, 0.15) is 13.8 Å². The molecule has 1 aliphatic rings. The lowest BCUT2D eigenvalue weighted by Gasteiger charge is -2.41. The molecule has 0 aromatic heterocycles. The zero-order valence-electron chi connectivity index (χ0n) is 13.3. The number of hydrogen-bond donors (Lipinski definition) is 7. The molecule has 0 saturated heterocycles. The summed E-state index contributed by atoms with van der Waals surface area (Å²) in [5.41, 5.74) is 0. The van der Waals surface area contributed by atoms with Crippen molar-refractivity contribution in [2.24, 2.45) is 5.92 Å². The van der Waals surface area contributed by atoms with Gasteiger partial charge in [-0.25, -0.2) is 4.57 Å². The van der Waals surface area contributed by atoms with Crippen LogP contribution >= 0.6 is 7.82 Å². The Balaban J connectivity index is 2.70. The van der Waals surface area contributed by atoms with E-state index < -0.39 is 56.5 Å². The molecule has 24 heavy (non-hydrogen) atoms. The highest BCUT2D eigenvalue weighted by atomic mass is 31.2. The van der Waals surface area contributed by atoms with Gasteiger partial charge in [-0.05, 0) is 6.92 Å². The quantitative estimate of drug-likeness (QED) is 0.193. The molecule has 0 amide bonds. The minimum absolute atomic E-state index is 0.369. The van der Waals surface area contributed by atoms with Crippen LogP contribution in [0.3, 0.4) is 0 Å². The Hall–Kier alpha value is -0.390. The molecule has 5 unspecified atom stereocenters. The second-order valence-electron chi connectivity index (χ2n) is 5.78. The predicted molar refractivity (Wildman–Crippen MR) is 80.7 cm³/mol. The van der Waals surface area contributed by atoms with Gasteiger partial charge in [0, 0.05) is 5.92 Å². The van der Waals surface area contributed by atoms with E-state index in [0.29, 0.717) is 0 Å². The molecule has 0 aliphatic heterocycles. The number of phosphoric ester groups is 1. The number of aliphatic hydroxyl groups excluding tert-OH is 6. The minimum Gasteiger partial charge on any atom is -0.389 e. The number of hydrogen-bond acceptors (Lipinski definition) is 9. The van der Waals surface area contributed by atoms with Crippen LogP contribution in [-0.2, 0) is 13.6 Å². The Morgan fingerprint density at radius 1 is 1.04 bits per heavy atom. The van der Waals surface area contributed by atoms with Gasteiger partial charge in [0.25, 0.3) is 0 Å². The lowest BCUT2D eigenvalue weighted by atomic mass is 9.85. The van der Waals surface area contributed by atoms with E-state index in [-0.39, 0.29) is 6.61 Å². The summed E-state index contributed by atoms with van der Waals surface area (Å²) < 4.78 is 21.3. The molecule has 1 rings (SSSR count). The Labute approximate surface area is 139 Å². The number of allylic oxidation sites excluding steroid dienone is 1. The molecule has 1 fully saturated rings. The second kappa shape index (κ2) is 8.81. The molecule has 1 aliphatic carbocycles. The standard InChI is InChI=1S/C13H25O10P/c1-3-4-7(14)6(2)5-22-24(20,21)23-13-11(18)9(16)8(15)10(17)12(13)19/h3-4,6-19H,5H2,1-2H3,(H,20,21)/b4-3+/t6-,7+,8?,9?,10?,11?,12?,13?/m1/s1. The van der Waals surface area contributed by atoms with Crippen LogP contribution in [0, 0.1) is 5.92 Å². The van der Waals surface area contributed by atoms with Gasteiger partial charge in [0.15, 0.2) is 0 Å². The third-order valence-corrected chi connectivity index (χ3v) is 4.79. The van der Waals surface area contributed by atoms with E-state index in [2.05, 4.69) is 4.52 Å². The van der Waals surface area contributed by atoms with Crippen LogP contribution in [0.4, 0.5) is 0 Å². The Bertz CT molecular complexity index is 456. The summed E-state index contributed by atoms with van der Waals surface area (Å²) in [5, 5.41) is 57.7. The van der Waals surface area contributed by atoms with E-state index in [1.54, 1.807) is 19.9 Å². The number of aliphatic hydroxyl groups is 6. The van der Waals surface area contributed by atoms with Crippen molar-refractivity contribution < 1.29 is 49.1 Å². The third kappa shape index (κ3) is 5.30. The fourth-order valence-corrected chi connectivity index (χ4v) is 3.24. The molecule has 1 saturated carbocycles. The first-order valence-electron chi connectivity index (χ1n) is 7.38. The van der Waals surface area contributed by atoms with Crippen LogP contribution in [-0.4, -0.2) is 84.9 Å². The summed E-state index contributed by atoms with van der Waals surface area (Å²) in [6.07, 6.45) is -9.18. The van der Waals surface area contributed by atoms with Crippen LogP contribution < -0.4 is 0 Å². The maximum atomic E-state index is 11.9. The van der Waals surface area contributed by atoms with Gasteiger partial charge in [-0.3, -0.25) is 9.05 Å². The molecule has 7 N–H and O–H groups in total. The Morgan fingerprint density at radius 3 is 1.96 bits per heavy atom. The molecule has 0 aromatic rings. The molecule has 0 heterocycles. The fourth-order valence-electron chi connectivity index (χ4n) is 2.20. The van der Waals surface area contributed by atoms with Gasteiger partial charge < -0.3 is 35.5 Å². The first-order valence-corrected chi connectivity index (χ1v) is 8.88. The van der Waals surface area contributed by atoms with Crippen LogP contribution in [0.15, 0.2) is 12.2 Å². The summed E-state index contributed by atoms with van der Waals surface area (Å²) in [6.45, 7) is 2.87. The maximum absolute atomic E-state index is 11.9. The van der Waals surface area contributed by atoms with E-state index in [1.807, 2.05) is 0 Å². The molecule has 142 valence electrons. The van der Waals surface area contributed by atoms with Gasteiger partial charge in [0.2, 0.25) is 0 Å². The van der Waals surface area contributed by atoms with Crippen LogP contribution in [0.2, 0.25) is 0 Å². The molecular weight excluding hydrogens is 347 g/mol. The van der Waals surface area contributed by atoms with Crippen molar-refractivity contribution in [3.05, 3.63) is 12.2 Å². The molecule has 0 bridgehead atoms. The van der Waals surface area contributed by atoms with E-state index in [1.165, 1.54) is 6.08 Å². The van der Waals surface area contributed by atoms with Gasteiger partial charge in [-0.1, -0.05) is 19.1 Å². The molecular formula is C13H25O10P. The molecule has 7 atom stereocenters. The lowest BCUT2D eigenvalue weighted by molar-refractivity contribution is -0.220. The third-order valence-electron chi connectivity index (χ3n) is 3.80. The van der Waals surface area contributed by atoms with E-state index in [9.17, 15) is 40.1 Å². The fraction of sp³-hybridized carbons (Fsp3) is 0.846. The normalized spacial score (nSPS) is 39.5. The van der Waals surface area contributed by atoms with Crippen molar-refractivity contribution in [1.29, 1.82) is 0 Å². The SMILES string of the molecule is C/C=C/[C@H](O)[C@H](C)COP(=O)(O)OC1C(O)C(O)C(O)C(O)C1O.